The molecule has 1 saturated heterocycles. The van der Waals surface area contributed by atoms with E-state index in [1.54, 1.807) is 34.1 Å². The fourth-order valence-electron chi connectivity index (χ4n) is 3.49. The molecule has 1 heterocycles. The molecule has 1 aliphatic heterocycles. The van der Waals surface area contributed by atoms with Crippen molar-refractivity contribution in [3.8, 4) is 11.5 Å². The third-order valence-corrected chi connectivity index (χ3v) is 5.07. The highest BCUT2D eigenvalue weighted by atomic mass is 19.1. The molecule has 2 amide bonds. The molecule has 0 radical (unpaired) electrons. The molecule has 2 aromatic rings. The third kappa shape index (κ3) is 4.85. The molecule has 0 N–H and O–H groups in total. The molecule has 0 bridgehead atoms. The van der Waals surface area contributed by atoms with E-state index in [1.807, 2.05) is 6.07 Å². The molecule has 2 aromatic carbocycles. The van der Waals surface area contributed by atoms with Gasteiger partial charge in [-0.25, -0.2) is 4.39 Å². The molecule has 3 rings (SSSR count). The van der Waals surface area contributed by atoms with Gasteiger partial charge in [0.15, 0.2) is 11.5 Å². The van der Waals surface area contributed by atoms with Crippen LogP contribution in [0.1, 0.15) is 22.3 Å². The number of piperazine rings is 1. The highest BCUT2D eigenvalue weighted by molar-refractivity contribution is 5.98. The largest absolute Gasteiger partial charge is 0.493 e. The van der Waals surface area contributed by atoms with E-state index in [1.165, 1.54) is 26.4 Å². The summed E-state index contributed by atoms with van der Waals surface area (Å²) in [4.78, 5) is 28.9. The number of ether oxygens (including phenoxy) is 2. The number of halogens is 1. The summed E-state index contributed by atoms with van der Waals surface area (Å²) in [5, 5.41) is 0. The van der Waals surface area contributed by atoms with Gasteiger partial charge >= 0.3 is 0 Å². The topological polar surface area (TPSA) is 59.1 Å². The Morgan fingerprint density at radius 2 is 1.66 bits per heavy atom. The van der Waals surface area contributed by atoms with Gasteiger partial charge in [-0.05, 0) is 36.2 Å². The minimum absolute atomic E-state index is 0.0142. The Kier molecular flexibility index (Phi) is 6.69. The Hall–Kier alpha value is -3.09. The lowest BCUT2D eigenvalue weighted by Gasteiger charge is -2.35. The molecule has 1 fully saturated rings. The van der Waals surface area contributed by atoms with Crippen LogP contribution < -0.4 is 9.47 Å². The van der Waals surface area contributed by atoms with Gasteiger partial charge in [0, 0.05) is 32.6 Å². The van der Waals surface area contributed by atoms with Crippen LogP contribution in [0.4, 0.5) is 4.39 Å². The zero-order valence-corrected chi connectivity index (χ0v) is 16.7. The molecular weight excluding hydrogens is 375 g/mol. The predicted octanol–water partition coefficient (Wildman–Crippen LogP) is 2.76. The van der Waals surface area contributed by atoms with Gasteiger partial charge in [0.2, 0.25) is 5.91 Å². The van der Waals surface area contributed by atoms with Gasteiger partial charge in [-0.15, -0.1) is 0 Å². The summed E-state index contributed by atoms with van der Waals surface area (Å²) < 4.78 is 23.9. The summed E-state index contributed by atoms with van der Waals surface area (Å²) in [6.07, 6.45) is 0.817. The number of hydrogen-bond acceptors (Lipinski definition) is 4. The van der Waals surface area contributed by atoms with E-state index in [2.05, 4.69) is 0 Å². The number of benzene rings is 2. The van der Waals surface area contributed by atoms with Crippen LogP contribution in [0.15, 0.2) is 42.5 Å². The van der Waals surface area contributed by atoms with E-state index in [0.29, 0.717) is 56.1 Å². The summed E-state index contributed by atoms with van der Waals surface area (Å²) in [5.41, 5.74) is 1.25. The van der Waals surface area contributed by atoms with Crippen LogP contribution in [0.25, 0.3) is 0 Å². The Morgan fingerprint density at radius 3 is 2.31 bits per heavy atom. The van der Waals surface area contributed by atoms with Crippen molar-refractivity contribution in [2.24, 2.45) is 0 Å². The Balaban J connectivity index is 1.56. The second-order valence-corrected chi connectivity index (χ2v) is 6.84. The molecule has 7 heteroatoms. The normalized spacial score (nSPS) is 13.9. The number of carbonyl (C=O) groups is 2. The number of methoxy groups -OCH3 is 2. The fraction of sp³-hybridized carbons (Fsp3) is 0.364. The van der Waals surface area contributed by atoms with Crippen LogP contribution in [0.2, 0.25) is 0 Å². The van der Waals surface area contributed by atoms with Crippen molar-refractivity contribution in [3.63, 3.8) is 0 Å². The second-order valence-electron chi connectivity index (χ2n) is 6.84. The number of carbonyl (C=O) groups excluding carboxylic acids is 2. The summed E-state index contributed by atoms with van der Waals surface area (Å²) >= 11 is 0. The summed E-state index contributed by atoms with van der Waals surface area (Å²) in [7, 11) is 3.03. The lowest BCUT2D eigenvalue weighted by atomic mass is 10.1. The van der Waals surface area contributed by atoms with E-state index in [-0.39, 0.29) is 17.6 Å². The number of hydrogen-bond donors (Lipinski definition) is 0. The number of para-hydroxylation sites is 1. The predicted molar refractivity (Wildman–Crippen MR) is 107 cm³/mol. The van der Waals surface area contributed by atoms with Crippen LogP contribution in [0.3, 0.4) is 0 Å². The highest BCUT2D eigenvalue weighted by Crippen LogP contribution is 2.31. The lowest BCUT2D eigenvalue weighted by molar-refractivity contribution is -0.132. The summed E-state index contributed by atoms with van der Waals surface area (Å²) in [5.74, 6) is 0.487. The SMILES string of the molecule is COc1cccc(C(=O)N2CCN(C(=O)CCc3cccc(F)c3)CC2)c1OC. The molecular formula is C22H25FN2O4. The van der Waals surface area contributed by atoms with Crippen LogP contribution in [0.5, 0.6) is 11.5 Å². The third-order valence-electron chi connectivity index (χ3n) is 5.07. The average molecular weight is 400 g/mol. The van der Waals surface area contributed by atoms with Crippen LogP contribution in [0, 0.1) is 5.82 Å². The summed E-state index contributed by atoms with van der Waals surface area (Å²) in [6.45, 7) is 1.84. The Labute approximate surface area is 169 Å². The maximum atomic E-state index is 13.3. The quantitative estimate of drug-likeness (QED) is 0.748. The Bertz CT molecular complexity index is 879. The zero-order chi connectivity index (χ0) is 20.8. The van der Waals surface area contributed by atoms with E-state index in [9.17, 15) is 14.0 Å². The first-order valence-electron chi connectivity index (χ1n) is 9.56. The maximum Gasteiger partial charge on any atom is 0.257 e. The van der Waals surface area contributed by atoms with Gasteiger partial charge in [-0.2, -0.15) is 0 Å². The van der Waals surface area contributed by atoms with Crippen molar-refractivity contribution in [1.29, 1.82) is 0 Å². The molecule has 0 aromatic heterocycles. The van der Waals surface area contributed by atoms with E-state index < -0.39 is 0 Å². The molecule has 0 unspecified atom stereocenters. The molecule has 0 saturated carbocycles. The lowest BCUT2D eigenvalue weighted by Crippen LogP contribution is -2.50. The van der Waals surface area contributed by atoms with Crippen molar-refractivity contribution in [1.82, 2.24) is 9.80 Å². The molecule has 1 aliphatic rings. The van der Waals surface area contributed by atoms with Gasteiger partial charge in [-0.1, -0.05) is 18.2 Å². The first kappa shape index (κ1) is 20.6. The van der Waals surface area contributed by atoms with Crippen LogP contribution in [-0.4, -0.2) is 62.0 Å². The number of rotatable bonds is 6. The minimum atomic E-state index is -0.296. The minimum Gasteiger partial charge on any atom is -0.493 e. The number of amides is 2. The van der Waals surface area contributed by atoms with Gasteiger partial charge in [0.1, 0.15) is 5.82 Å². The van der Waals surface area contributed by atoms with Gasteiger partial charge in [-0.3, -0.25) is 9.59 Å². The molecule has 6 nitrogen and oxygen atoms in total. The zero-order valence-electron chi connectivity index (χ0n) is 16.7. The van der Waals surface area contributed by atoms with Crippen molar-refractivity contribution in [2.75, 3.05) is 40.4 Å². The first-order valence-corrected chi connectivity index (χ1v) is 9.56. The second kappa shape index (κ2) is 9.41. The van der Waals surface area contributed by atoms with Crippen molar-refractivity contribution in [2.45, 2.75) is 12.8 Å². The van der Waals surface area contributed by atoms with Crippen molar-refractivity contribution < 1.29 is 23.5 Å². The maximum absolute atomic E-state index is 13.3. The average Bonchev–Trinajstić information content (AvgIpc) is 2.76. The van der Waals surface area contributed by atoms with Crippen LogP contribution >= 0.6 is 0 Å². The van der Waals surface area contributed by atoms with E-state index >= 15 is 0 Å². The molecule has 0 spiro atoms. The van der Waals surface area contributed by atoms with E-state index in [4.69, 9.17) is 9.47 Å². The van der Waals surface area contributed by atoms with E-state index in [0.717, 1.165) is 5.56 Å². The van der Waals surface area contributed by atoms with Crippen molar-refractivity contribution >= 4 is 11.8 Å². The Morgan fingerprint density at radius 1 is 0.966 bits per heavy atom. The van der Waals surface area contributed by atoms with Gasteiger partial charge < -0.3 is 19.3 Å². The smallest absolute Gasteiger partial charge is 0.257 e. The summed E-state index contributed by atoms with van der Waals surface area (Å²) in [6, 6.07) is 11.5. The van der Waals surface area contributed by atoms with Crippen LogP contribution in [-0.2, 0) is 11.2 Å². The fourth-order valence-corrected chi connectivity index (χ4v) is 3.49. The van der Waals surface area contributed by atoms with Crippen molar-refractivity contribution in [3.05, 3.63) is 59.4 Å². The van der Waals surface area contributed by atoms with Gasteiger partial charge in [0.05, 0.1) is 19.8 Å². The monoisotopic (exact) mass is 400 g/mol. The molecule has 154 valence electrons. The molecule has 0 atom stereocenters. The van der Waals surface area contributed by atoms with Gasteiger partial charge in [0.25, 0.3) is 5.91 Å². The number of nitrogens with zero attached hydrogens (tertiary/aromatic N) is 2. The number of aryl methyl sites for hydroxylation is 1. The first-order chi connectivity index (χ1) is 14.0. The molecule has 29 heavy (non-hydrogen) atoms. The standard InChI is InChI=1S/C22H25FN2O4/c1-28-19-8-4-7-18(21(19)29-2)22(27)25-13-11-24(12-14-25)20(26)10-9-16-5-3-6-17(23)15-16/h3-8,15H,9-14H2,1-2H3. The molecule has 0 aliphatic carbocycles. The highest BCUT2D eigenvalue weighted by Gasteiger charge is 2.27.